The first-order chi connectivity index (χ1) is 13.6. The number of nitrogens with zero attached hydrogens (tertiary/aromatic N) is 4. The number of rotatable bonds is 4. The second-order valence-electron chi connectivity index (χ2n) is 6.39. The third-order valence-corrected chi connectivity index (χ3v) is 4.83. The maximum Gasteiger partial charge on any atom is 0.213 e. The van der Waals surface area contributed by atoms with E-state index in [1.807, 2.05) is 60.8 Å². The van der Waals surface area contributed by atoms with Gasteiger partial charge in [-0.2, -0.15) is 5.26 Å². The van der Waals surface area contributed by atoms with Crippen LogP contribution in [0, 0.1) is 11.5 Å². The van der Waals surface area contributed by atoms with Gasteiger partial charge in [0.05, 0.1) is 16.4 Å². The molecule has 1 aromatic heterocycles. The first kappa shape index (κ1) is 18.4. The summed E-state index contributed by atoms with van der Waals surface area (Å²) in [6.45, 7) is 0. The Hall–Kier alpha value is -3.01. The SMILES string of the molecule is N#CN=C(Nc1cc(-c2ccc(Cl)cc2)n(-c2ccccc2Cl)n1)NC1CC1. The molecule has 0 bridgehead atoms. The number of anilines is 1. The van der Waals surface area contributed by atoms with Crippen LogP contribution in [-0.2, 0) is 0 Å². The molecule has 0 aliphatic heterocycles. The van der Waals surface area contributed by atoms with E-state index in [9.17, 15) is 0 Å². The van der Waals surface area contributed by atoms with Crippen LogP contribution in [0.25, 0.3) is 16.9 Å². The van der Waals surface area contributed by atoms with Crippen molar-refractivity contribution >= 4 is 35.0 Å². The minimum absolute atomic E-state index is 0.348. The molecule has 0 unspecified atom stereocenters. The lowest BCUT2D eigenvalue weighted by molar-refractivity contribution is 0.882. The Morgan fingerprint density at radius 3 is 2.57 bits per heavy atom. The van der Waals surface area contributed by atoms with Crippen molar-refractivity contribution in [3.05, 3.63) is 64.6 Å². The van der Waals surface area contributed by atoms with Crippen molar-refractivity contribution in [2.45, 2.75) is 18.9 Å². The quantitative estimate of drug-likeness (QED) is 0.366. The molecule has 0 radical (unpaired) electrons. The molecule has 1 saturated carbocycles. The largest absolute Gasteiger partial charge is 0.352 e. The third kappa shape index (κ3) is 4.11. The molecule has 0 spiro atoms. The zero-order chi connectivity index (χ0) is 19.5. The van der Waals surface area contributed by atoms with Crippen LogP contribution < -0.4 is 10.6 Å². The van der Waals surface area contributed by atoms with Gasteiger partial charge in [0.2, 0.25) is 12.2 Å². The minimum Gasteiger partial charge on any atom is -0.352 e. The summed E-state index contributed by atoms with van der Waals surface area (Å²) in [6.07, 6.45) is 3.95. The maximum atomic E-state index is 8.95. The molecule has 2 N–H and O–H groups in total. The fourth-order valence-electron chi connectivity index (χ4n) is 2.76. The topological polar surface area (TPSA) is 78.0 Å². The third-order valence-electron chi connectivity index (χ3n) is 4.26. The van der Waals surface area contributed by atoms with Gasteiger partial charge in [0.25, 0.3) is 0 Å². The summed E-state index contributed by atoms with van der Waals surface area (Å²) in [6, 6.07) is 17.2. The summed E-state index contributed by atoms with van der Waals surface area (Å²) < 4.78 is 1.76. The molecule has 1 aliphatic carbocycles. The summed E-state index contributed by atoms with van der Waals surface area (Å²) in [4.78, 5) is 3.82. The van der Waals surface area contributed by atoms with Gasteiger partial charge in [0.1, 0.15) is 0 Å². The lowest BCUT2D eigenvalue weighted by Gasteiger charge is -2.09. The molecule has 140 valence electrons. The normalized spacial score (nSPS) is 13.8. The number of aromatic nitrogens is 2. The Morgan fingerprint density at radius 1 is 1.14 bits per heavy atom. The molecule has 8 heteroatoms. The molecular weight excluding hydrogens is 395 g/mol. The molecule has 1 aliphatic rings. The van der Waals surface area contributed by atoms with Crippen molar-refractivity contribution < 1.29 is 0 Å². The Morgan fingerprint density at radius 2 is 1.89 bits per heavy atom. The van der Waals surface area contributed by atoms with Crippen molar-refractivity contribution in [2.24, 2.45) is 4.99 Å². The predicted molar refractivity (Wildman–Crippen MR) is 112 cm³/mol. The van der Waals surface area contributed by atoms with E-state index in [-0.39, 0.29) is 0 Å². The van der Waals surface area contributed by atoms with Gasteiger partial charge in [-0.25, -0.2) is 4.68 Å². The summed E-state index contributed by atoms with van der Waals surface area (Å²) in [5.41, 5.74) is 2.50. The number of guanidine groups is 1. The molecule has 0 amide bonds. The van der Waals surface area contributed by atoms with Crippen LogP contribution >= 0.6 is 23.2 Å². The number of nitrogens with one attached hydrogen (secondary N) is 2. The first-order valence-electron chi connectivity index (χ1n) is 8.75. The summed E-state index contributed by atoms with van der Waals surface area (Å²) >= 11 is 12.4. The van der Waals surface area contributed by atoms with Crippen molar-refractivity contribution in [1.29, 1.82) is 5.26 Å². The van der Waals surface area contributed by atoms with Gasteiger partial charge in [-0.1, -0.05) is 47.5 Å². The van der Waals surface area contributed by atoms with E-state index in [1.54, 1.807) is 4.68 Å². The number of hydrogen-bond acceptors (Lipinski definition) is 3. The van der Waals surface area contributed by atoms with Gasteiger partial charge in [-0.05, 0) is 37.1 Å². The molecule has 4 rings (SSSR count). The highest BCUT2D eigenvalue weighted by Crippen LogP contribution is 2.30. The number of halogens is 2. The van der Waals surface area contributed by atoms with Crippen molar-refractivity contribution in [1.82, 2.24) is 15.1 Å². The number of hydrogen-bond donors (Lipinski definition) is 2. The van der Waals surface area contributed by atoms with E-state index < -0.39 is 0 Å². The van der Waals surface area contributed by atoms with Crippen LogP contribution in [0.5, 0.6) is 0 Å². The predicted octanol–water partition coefficient (Wildman–Crippen LogP) is 4.85. The van der Waals surface area contributed by atoms with E-state index in [4.69, 9.17) is 28.5 Å². The van der Waals surface area contributed by atoms with Gasteiger partial charge in [0, 0.05) is 22.7 Å². The Labute approximate surface area is 172 Å². The molecule has 2 aromatic carbocycles. The molecule has 1 fully saturated rings. The highest BCUT2D eigenvalue weighted by molar-refractivity contribution is 6.32. The zero-order valence-corrected chi connectivity index (χ0v) is 16.2. The zero-order valence-electron chi connectivity index (χ0n) is 14.7. The number of aliphatic imine (C=N–C) groups is 1. The minimum atomic E-state index is 0.348. The van der Waals surface area contributed by atoms with E-state index >= 15 is 0 Å². The number of benzene rings is 2. The fraction of sp³-hybridized carbons (Fsp3) is 0.150. The van der Waals surface area contributed by atoms with Crippen LogP contribution in [0.2, 0.25) is 10.0 Å². The van der Waals surface area contributed by atoms with E-state index in [0.717, 1.165) is 29.8 Å². The monoisotopic (exact) mass is 410 g/mol. The average molecular weight is 411 g/mol. The van der Waals surface area contributed by atoms with Crippen LogP contribution in [0.4, 0.5) is 5.82 Å². The van der Waals surface area contributed by atoms with Crippen LogP contribution in [0.1, 0.15) is 12.8 Å². The summed E-state index contributed by atoms with van der Waals surface area (Å²) in [7, 11) is 0. The second-order valence-corrected chi connectivity index (χ2v) is 7.23. The Bertz CT molecular complexity index is 1060. The highest BCUT2D eigenvalue weighted by Gasteiger charge is 2.23. The summed E-state index contributed by atoms with van der Waals surface area (Å²) in [5.74, 6) is 0.934. The lowest BCUT2D eigenvalue weighted by atomic mass is 10.1. The fourth-order valence-corrected chi connectivity index (χ4v) is 3.11. The van der Waals surface area contributed by atoms with Crippen molar-refractivity contribution in [2.75, 3.05) is 5.32 Å². The lowest BCUT2D eigenvalue weighted by Crippen LogP contribution is -2.32. The molecule has 0 atom stereocenters. The smallest absolute Gasteiger partial charge is 0.213 e. The van der Waals surface area contributed by atoms with Gasteiger partial charge in [0.15, 0.2) is 5.82 Å². The van der Waals surface area contributed by atoms with Gasteiger partial charge >= 0.3 is 0 Å². The van der Waals surface area contributed by atoms with E-state index in [2.05, 4.69) is 20.7 Å². The van der Waals surface area contributed by atoms with Crippen molar-refractivity contribution in [3.8, 4) is 23.1 Å². The molecule has 6 nitrogen and oxygen atoms in total. The van der Waals surface area contributed by atoms with E-state index in [1.165, 1.54) is 0 Å². The molecule has 3 aromatic rings. The van der Waals surface area contributed by atoms with Crippen molar-refractivity contribution in [3.63, 3.8) is 0 Å². The van der Waals surface area contributed by atoms with Crippen LogP contribution in [-0.4, -0.2) is 21.8 Å². The van der Waals surface area contributed by atoms with Gasteiger partial charge < -0.3 is 10.6 Å². The summed E-state index contributed by atoms with van der Waals surface area (Å²) in [5, 5.41) is 21.1. The molecule has 28 heavy (non-hydrogen) atoms. The second kappa shape index (κ2) is 7.93. The van der Waals surface area contributed by atoms with Gasteiger partial charge in [-0.3, -0.25) is 0 Å². The first-order valence-corrected chi connectivity index (χ1v) is 9.51. The maximum absolute atomic E-state index is 8.95. The Kier molecular flexibility index (Phi) is 5.20. The standard InChI is InChI=1S/C20H16Cl2N6/c21-14-7-5-13(6-8-14)18-11-19(26-20(24-12-23)25-15-9-10-15)27-28(18)17-4-2-1-3-16(17)22/h1-8,11,15H,9-10H2,(H2,24,25,26,27). The average Bonchev–Trinajstić information content (AvgIpc) is 3.41. The van der Waals surface area contributed by atoms with Crippen LogP contribution in [0.15, 0.2) is 59.6 Å². The number of para-hydroxylation sites is 1. The highest BCUT2D eigenvalue weighted by atomic mass is 35.5. The molecule has 0 saturated heterocycles. The van der Waals surface area contributed by atoms with E-state index in [0.29, 0.717) is 27.9 Å². The Balaban J connectivity index is 1.75. The molecular formula is C20H16Cl2N6. The van der Waals surface area contributed by atoms with Crippen LogP contribution in [0.3, 0.4) is 0 Å². The number of nitriles is 1. The van der Waals surface area contributed by atoms with Gasteiger partial charge in [-0.15, -0.1) is 10.1 Å². The molecule has 1 heterocycles.